The summed E-state index contributed by atoms with van der Waals surface area (Å²) < 4.78 is 0. The highest BCUT2D eigenvalue weighted by Gasteiger charge is 2.38. The van der Waals surface area contributed by atoms with Crippen molar-refractivity contribution >= 4 is 5.91 Å². The average molecular weight is 212 g/mol. The van der Waals surface area contributed by atoms with Crippen molar-refractivity contribution in [3.05, 3.63) is 0 Å². The Kier molecular flexibility index (Phi) is 4.14. The summed E-state index contributed by atoms with van der Waals surface area (Å²) in [5, 5.41) is 0. The number of nitrogens with two attached hydrogens (primary N) is 1. The van der Waals surface area contributed by atoms with Gasteiger partial charge in [-0.25, -0.2) is 0 Å². The second-order valence-electron chi connectivity index (χ2n) is 5.01. The van der Waals surface area contributed by atoms with Crippen molar-refractivity contribution in [2.24, 2.45) is 11.1 Å². The maximum Gasteiger partial charge on any atom is 0.223 e. The van der Waals surface area contributed by atoms with Crippen molar-refractivity contribution in [3.63, 3.8) is 0 Å². The summed E-state index contributed by atoms with van der Waals surface area (Å²) in [7, 11) is 0. The van der Waals surface area contributed by atoms with Gasteiger partial charge in [-0.2, -0.15) is 0 Å². The Balaban J connectivity index is 2.53. The normalized spacial score (nSPS) is 18.7. The van der Waals surface area contributed by atoms with E-state index < -0.39 is 0 Å². The van der Waals surface area contributed by atoms with Crippen LogP contribution in [0.4, 0.5) is 0 Å². The summed E-state index contributed by atoms with van der Waals surface area (Å²) in [4.78, 5) is 14.0. The Bertz CT molecular complexity index is 216. The Labute approximate surface area is 93.0 Å². The first-order valence-corrected chi connectivity index (χ1v) is 6.04. The molecule has 1 aliphatic rings. The lowest BCUT2D eigenvalue weighted by Gasteiger charge is -2.42. The fourth-order valence-corrected chi connectivity index (χ4v) is 2.38. The van der Waals surface area contributed by atoms with Gasteiger partial charge >= 0.3 is 0 Å². The minimum absolute atomic E-state index is 0.138. The van der Waals surface area contributed by atoms with Crippen LogP contribution in [0.3, 0.4) is 0 Å². The molecular weight excluding hydrogens is 188 g/mol. The first kappa shape index (κ1) is 12.5. The monoisotopic (exact) mass is 212 g/mol. The van der Waals surface area contributed by atoms with Crippen LogP contribution >= 0.6 is 0 Å². The predicted octanol–water partition coefficient (Wildman–Crippen LogP) is 1.76. The zero-order chi connectivity index (χ0) is 11.5. The van der Waals surface area contributed by atoms with Gasteiger partial charge in [0.1, 0.15) is 0 Å². The molecule has 15 heavy (non-hydrogen) atoms. The van der Waals surface area contributed by atoms with E-state index in [1.807, 2.05) is 11.8 Å². The van der Waals surface area contributed by atoms with E-state index in [2.05, 4.69) is 13.8 Å². The van der Waals surface area contributed by atoms with Crippen LogP contribution in [0.25, 0.3) is 0 Å². The molecule has 0 bridgehead atoms. The maximum atomic E-state index is 12.1. The fraction of sp³-hybridized carbons (Fsp3) is 0.917. The van der Waals surface area contributed by atoms with E-state index in [1.54, 1.807) is 0 Å². The van der Waals surface area contributed by atoms with Gasteiger partial charge in [-0.15, -0.1) is 0 Å². The lowest BCUT2D eigenvalue weighted by atomic mass is 9.66. The van der Waals surface area contributed by atoms with Gasteiger partial charge in [0.05, 0.1) is 0 Å². The molecule has 88 valence electrons. The van der Waals surface area contributed by atoms with Crippen molar-refractivity contribution in [1.82, 2.24) is 4.90 Å². The minimum Gasteiger partial charge on any atom is -0.341 e. The molecule has 0 radical (unpaired) electrons. The number of amides is 1. The van der Waals surface area contributed by atoms with E-state index in [4.69, 9.17) is 5.73 Å². The third-order valence-corrected chi connectivity index (χ3v) is 3.66. The third kappa shape index (κ3) is 2.71. The van der Waals surface area contributed by atoms with Crippen LogP contribution in [0, 0.1) is 5.41 Å². The van der Waals surface area contributed by atoms with Crippen LogP contribution in [0.5, 0.6) is 0 Å². The van der Waals surface area contributed by atoms with Gasteiger partial charge in [0.2, 0.25) is 5.91 Å². The van der Waals surface area contributed by atoms with Crippen LogP contribution in [0.1, 0.15) is 46.5 Å². The molecule has 3 heteroatoms. The highest BCUT2D eigenvalue weighted by atomic mass is 16.2. The molecule has 0 unspecified atom stereocenters. The van der Waals surface area contributed by atoms with Gasteiger partial charge in [0.25, 0.3) is 0 Å². The van der Waals surface area contributed by atoms with E-state index in [0.717, 1.165) is 19.4 Å². The first-order chi connectivity index (χ1) is 7.04. The van der Waals surface area contributed by atoms with E-state index >= 15 is 0 Å². The molecule has 0 atom stereocenters. The molecule has 0 saturated heterocycles. The summed E-state index contributed by atoms with van der Waals surface area (Å²) in [6.45, 7) is 7.63. The molecule has 1 saturated carbocycles. The Morgan fingerprint density at radius 2 is 2.07 bits per heavy atom. The van der Waals surface area contributed by atoms with Crippen molar-refractivity contribution in [3.8, 4) is 0 Å². The first-order valence-electron chi connectivity index (χ1n) is 6.04. The topological polar surface area (TPSA) is 46.3 Å². The highest BCUT2D eigenvalue weighted by molar-refractivity contribution is 5.77. The predicted molar refractivity (Wildman–Crippen MR) is 62.5 cm³/mol. The molecule has 0 aromatic carbocycles. The minimum atomic E-state index is 0.138. The zero-order valence-corrected chi connectivity index (χ0v) is 10.3. The lowest BCUT2D eigenvalue weighted by Crippen LogP contribution is -2.45. The van der Waals surface area contributed by atoms with Crippen molar-refractivity contribution in [1.29, 1.82) is 0 Å². The van der Waals surface area contributed by atoms with E-state index in [0.29, 0.717) is 19.0 Å². The molecule has 0 aromatic heterocycles. The average Bonchev–Trinajstić information content (AvgIpc) is 2.11. The van der Waals surface area contributed by atoms with Crippen LogP contribution in [-0.2, 0) is 4.79 Å². The molecule has 1 rings (SSSR count). The van der Waals surface area contributed by atoms with Gasteiger partial charge in [0, 0.05) is 19.0 Å². The van der Waals surface area contributed by atoms with Crippen molar-refractivity contribution in [2.45, 2.75) is 52.5 Å². The van der Waals surface area contributed by atoms with Crippen molar-refractivity contribution < 1.29 is 4.79 Å². The Hall–Kier alpha value is -0.570. The number of hydrogen-bond donors (Lipinski definition) is 1. The van der Waals surface area contributed by atoms with Crippen LogP contribution in [-0.4, -0.2) is 29.9 Å². The maximum absolute atomic E-state index is 12.1. The van der Waals surface area contributed by atoms with Gasteiger partial charge in [-0.1, -0.05) is 6.42 Å². The number of carbonyl (C=O) groups excluding carboxylic acids is 1. The van der Waals surface area contributed by atoms with Gasteiger partial charge in [0.15, 0.2) is 0 Å². The summed E-state index contributed by atoms with van der Waals surface area (Å²) in [6.07, 6.45) is 4.14. The number of hydrogen-bond acceptors (Lipinski definition) is 2. The number of nitrogens with zero attached hydrogens (tertiary/aromatic N) is 1. The smallest absolute Gasteiger partial charge is 0.223 e. The van der Waals surface area contributed by atoms with E-state index in [9.17, 15) is 4.79 Å². The zero-order valence-electron chi connectivity index (χ0n) is 10.3. The van der Waals surface area contributed by atoms with Gasteiger partial charge in [-0.05, 0) is 45.6 Å². The Morgan fingerprint density at radius 1 is 1.47 bits per heavy atom. The quantitative estimate of drug-likeness (QED) is 0.755. The summed E-state index contributed by atoms with van der Waals surface area (Å²) in [5.41, 5.74) is 5.90. The molecule has 1 aliphatic carbocycles. The standard InChI is InChI=1S/C12H24N2O/c1-4-14(10(2)3)11(15)8-12(9-13)6-5-7-12/h10H,4-9,13H2,1-3H3. The molecule has 1 fully saturated rings. The van der Waals surface area contributed by atoms with Crippen molar-refractivity contribution in [2.75, 3.05) is 13.1 Å². The summed E-state index contributed by atoms with van der Waals surface area (Å²) in [5.74, 6) is 0.276. The third-order valence-electron chi connectivity index (χ3n) is 3.66. The van der Waals surface area contributed by atoms with Crippen LogP contribution in [0.15, 0.2) is 0 Å². The molecule has 0 spiro atoms. The van der Waals surface area contributed by atoms with Crippen LogP contribution < -0.4 is 5.73 Å². The molecule has 0 heterocycles. The summed E-state index contributed by atoms with van der Waals surface area (Å²) in [6, 6.07) is 0.303. The lowest BCUT2D eigenvalue weighted by molar-refractivity contribution is -0.136. The number of rotatable bonds is 5. The molecular formula is C12H24N2O. The number of carbonyl (C=O) groups is 1. The molecule has 1 amide bonds. The largest absolute Gasteiger partial charge is 0.341 e. The molecule has 2 N–H and O–H groups in total. The Morgan fingerprint density at radius 3 is 2.33 bits per heavy atom. The highest BCUT2D eigenvalue weighted by Crippen LogP contribution is 2.43. The second kappa shape index (κ2) is 4.97. The van der Waals surface area contributed by atoms with Gasteiger partial charge < -0.3 is 10.6 Å². The van der Waals surface area contributed by atoms with Crippen LogP contribution in [0.2, 0.25) is 0 Å². The fourth-order valence-electron chi connectivity index (χ4n) is 2.38. The SMILES string of the molecule is CCN(C(=O)CC1(CN)CCC1)C(C)C. The van der Waals surface area contributed by atoms with Gasteiger partial charge in [-0.3, -0.25) is 4.79 Å². The summed E-state index contributed by atoms with van der Waals surface area (Å²) >= 11 is 0. The molecule has 0 aliphatic heterocycles. The second-order valence-corrected chi connectivity index (χ2v) is 5.01. The van der Waals surface area contributed by atoms with E-state index in [1.165, 1.54) is 6.42 Å². The van der Waals surface area contributed by atoms with E-state index in [-0.39, 0.29) is 11.3 Å². The molecule has 0 aromatic rings. The molecule has 3 nitrogen and oxygen atoms in total.